The van der Waals surface area contributed by atoms with Gasteiger partial charge < -0.3 is 39.5 Å². The Hall–Kier alpha value is -3.48. The van der Waals surface area contributed by atoms with Gasteiger partial charge in [0.1, 0.15) is 36.3 Å². The molecule has 2 saturated heterocycles. The maximum absolute atomic E-state index is 6.38. The number of methoxy groups -OCH3 is 1. The summed E-state index contributed by atoms with van der Waals surface area (Å²) in [5, 5.41) is 6.91. The van der Waals surface area contributed by atoms with Gasteiger partial charge in [0.25, 0.3) is 0 Å². The van der Waals surface area contributed by atoms with Crippen molar-refractivity contribution in [3.63, 3.8) is 0 Å². The summed E-state index contributed by atoms with van der Waals surface area (Å²) in [6, 6.07) is 9.29. The van der Waals surface area contributed by atoms with E-state index in [4.69, 9.17) is 19.2 Å². The molecule has 7 rings (SSSR count). The van der Waals surface area contributed by atoms with E-state index in [2.05, 4.69) is 90.4 Å². The van der Waals surface area contributed by atoms with Crippen LogP contribution in [-0.4, -0.2) is 106 Å². The minimum atomic E-state index is 0.366. The van der Waals surface area contributed by atoms with Gasteiger partial charge in [-0.3, -0.25) is 4.90 Å². The molecule has 2 atom stereocenters. The molecule has 0 bridgehead atoms. The van der Waals surface area contributed by atoms with Crippen molar-refractivity contribution in [1.29, 1.82) is 0 Å². The summed E-state index contributed by atoms with van der Waals surface area (Å²) in [6.45, 7) is 10.0. The van der Waals surface area contributed by atoms with Crippen LogP contribution in [0.5, 0.6) is 17.2 Å². The first kappa shape index (κ1) is 30.2. The molecule has 0 spiro atoms. The zero-order valence-electron chi connectivity index (χ0n) is 26.6. The highest BCUT2D eigenvalue weighted by Gasteiger charge is 2.37. The number of benzene rings is 2. The van der Waals surface area contributed by atoms with E-state index in [0.29, 0.717) is 37.1 Å². The molecule has 0 aliphatic carbocycles. The second kappa shape index (κ2) is 12.7. The number of rotatable bonds is 7. The number of anilines is 6. The zero-order valence-corrected chi connectivity index (χ0v) is 28.2. The molecule has 4 aliphatic rings. The first-order valence-corrected chi connectivity index (χ1v) is 16.8. The Morgan fingerprint density at radius 2 is 1.82 bits per heavy atom. The van der Waals surface area contributed by atoms with Gasteiger partial charge in [-0.2, -0.15) is 4.98 Å². The molecule has 0 radical (unpaired) electrons. The topological polar surface area (TPSA) is 90.5 Å². The number of nitrogens with one attached hydrogen (secondary N) is 2. The molecular weight excluding hydrogens is 636 g/mol. The van der Waals surface area contributed by atoms with Crippen LogP contribution in [0, 0.1) is 0 Å². The summed E-state index contributed by atoms with van der Waals surface area (Å²) in [5.41, 5.74) is 5.05. The molecule has 1 aromatic heterocycles. The quantitative estimate of drug-likeness (QED) is 0.350. The third-order valence-corrected chi connectivity index (χ3v) is 10.3. The van der Waals surface area contributed by atoms with Crippen LogP contribution in [0.2, 0.25) is 0 Å². The second-order valence-electron chi connectivity index (χ2n) is 12.4. The normalized spacial score (nSPS) is 21.6. The summed E-state index contributed by atoms with van der Waals surface area (Å²) in [6.07, 6.45) is 4.87. The summed E-state index contributed by atoms with van der Waals surface area (Å²) < 4.78 is 19.1. The minimum absolute atomic E-state index is 0.366. The number of hydrogen-bond acceptors (Lipinski definition) is 11. The average molecular weight is 680 g/mol. The lowest BCUT2D eigenvalue weighted by molar-refractivity contribution is 0.0822. The number of piperazine rings is 1. The maximum Gasteiger partial charge on any atom is 0.229 e. The van der Waals surface area contributed by atoms with Crippen LogP contribution in [0.15, 0.2) is 34.9 Å². The molecule has 3 aromatic rings. The monoisotopic (exact) mass is 678 g/mol. The fourth-order valence-electron chi connectivity index (χ4n) is 7.08. The Kier molecular flexibility index (Phi) is 8.54. The SMILES string of the molecule is CCc1c(Nc2nc(Nc3cc4c(cc3OC)N3CC[C@H](N5CCN(C)CC5)CC3CO4)ncc2Br)ccc2c1OCCN2C. The number of ether oxygens (including phenoxy) is 3. The average Bonchev–Trinajstić information content (AvgIpc) is 3.06. The van der Waals surface area contributed by atoms with Crippen molar-refractivity contribution in [2.24, 2.45) is 0 Å². The summed E-state index contributed by atoms with van der Waals surface area (Å²) in [4.78, 5) is 19.2. The molecule has 4 aliphatic heterocycles. The van der Waals surface area contributed by atoms with Crippen molar-refractivity contribution in [2.45, 2.75) is 38.3 Å². The second-order valence-corrected chi connectivity index (χ2v) is 13.3. The zero-order chi connectivity index (χ0) is 31.1. The van der Waals surface area contributed by atoms with Gasteiger partial charge in [0, 0.05) is 75.4 Å². The molecule has 240 valence electrons. The van der Waals surface area contributed by atoms with Crippen molar-refractivity contribution in [3.05, 3.63) is 40.5 Å². The van der Waals surface area contributed by atoms with Crippen LogP contribution >= 0.6 is 15.9 Å². The largest absolute Gasteiger partial charge is 0.494 e. The van der Waals surface area contributed by atoms with E-state index in [1.54, 1.807) is 13.3 Å². The van der Waals surface area contributed by atoms with E-state index < -0.39 is 0 Å². The van der Waals surface area contributed by atoms with Gasteiger partial charge in [0.2, 0.25) is 5.95 Å². The fraction of sp³-hybridized carbons (Fsp3) is 0.515. The van der Waals surface area contributed by atoms with E-state index in [1.807, 2.05) is 6.07 Å². The van der Waals surface area contributed by atoms with Crippen molar-refractivity contribution in [1.82, 2.24) is 19.8 Å². The van der Waals surface area contributed by atoms with E-state index in [-0.39, 0.29) is 0 Å². The summed E-state index contributed by atoms with van der Waals surface area (Å²) in [7, 11) is 6.02. The third-order valence-electron chi connectivity index (χ3n) is 9.69. The van der Waals surface area contributed by atoms with E-state index in [1.165, 1.54) is 0 Å². The minimum Gasteiger partial charge on any atom is -0.494 e. The van der Waals surface area contributed by atoms with E-state index in [0.717, 1.165) is 109 Å². The summed E-state index contributed by atoms with van der Waals surface area (Å²) >= 11 is 3.64. The number of piperidine rings is 1. The molecule has 2 N–H and O–H groups in total. The predicted octanol–water partition coefficient (Wildman–Crippen LogP) is 5.10. The van der Waals surface area contributed by atoms with Gasteiger partial charge in [0.15, 0.2) is 0 Å². The predicted molar refractivity (Wildman–Crippen MR) is 183 cm³/mol. The Bertz CT molecular complexity index is 1550. The highest BCUT2D eigenvalue weighted by atomic mass is 79.9. The molecule has 0 saturated carbocycles. The first-order chi connectivity index (χ1) is 21.9. The summed E-state index contributed by atoms with van der Waals surface area (Å²) in [5.74, 6) is 3.63. The Morgan fingerprint density at radius 1 is 0.978 bits per heavy atom. The highest BCUT2D eigenvalue weighted by Crippen LogP contribution is 2.45. The van der Waals surface area contributed by atoms with Gasteiger partial charge in [-0.1, -0.05) is 6.92 Å². The maximum atomic E-state index is 6.38. The van der Waals surface area contributed by atoms with Gasteiger partial charge in [-0.05, 0) is 54.4 Å². The molecule has 2 fully saturated rings. The van der Waals surface area contributed by atoms with Crippen molar-refractivity contribution >= 4 is 50.4 Å². The van der Waals surface area contributed by atoms with Crippen molar-refractivity contribution < 1.29 is 14.2 Å². The number of fused-ring (bicyclic) bond motifs is 4. The van der Waals surface area contributed by atoms with E-state index in [9.17, 15) is 0 Å². The molecule has 2 aromatic carbocycles. The van der Waals surface area contributed by atoms with Crippen LogP contribution in [0.3, 0.4) is 0 Å². The number of aromatic nitrogens is 2. The molecule has 45 heavy (non-hydrogen) atoms. The fourth-order valence-corrected chi connectivity index (χ4v) is 7.37. The van der Waals surface area contributed by atoms with Crippen LogP contribution < -0.4 is 34.6 Å². The van der Waals surface area contributed by atoms with Gasteiger partial charge in [-0.15, -0.1) is 0 Å². The molecule has 12 heteroatoms. The molecule has 1 unspecified atom stereocenters. The number of hydrogen-bond donors (Lipinski definition) is 2. The number of likely N-dealkylation sites (N-methyl/N-ethyl adjacent to an activating group) is 2. The standard InChI is InChI=1S/C33H43BrN8O3/c1-5-23-25(6-7-27-31(23)44-15-14-40(27)3)36-32-24(34)19-35-33(38-32)37-26-17-30-28(18-29(26)43-4)42-9-8-21(16-22(42)20-45-30)41-12-10-39(2)11-13-41/h6-7,17-19,21-22H,5,8-16,20H2,1-4H3,(H2,35,36,37,38)/t21-,22?/m0/s1. The van der Waals surface area contributed by atoms with Crippen LogP contribution in [0.4, 0.5) is 34.5 Å². The number of halogens is 1. The lowest BCUT2D eigenvalue weighted by atomic mass is 9.93. The molecule has 11 nitrogen and oxygen atoms in total. The smallest absolute Gasteiger partial charge is 0.229 e. The molecule has 5 heterocycles. The number of nitrogens with zero attached hydrogens (tertiary/aromatic N) is 6. The third kappa shape index (κ3) is 5.95. The highest BCUT2D eigenvalue weighted by molar-refractivity contribution is 9.10. The Morgan fingerprint density at radius 3 is 2.62 bits per heavy atom. The Balaban J connectivity index is 1.09. The van der Waals surface area contributed by atoms with Gasteiger partial charge in [0.05, 0.1) is 41.2 Å². The molecular formula is C33H43BrN8O3. The lowest BCUT2D eigenvalue weighted by Gasteiger charge is -2.48. The first-order valence-electron chi connectivity index (χ1n) is 16.0. The van der Waals surface area contributed by atoms with Crippen molar-refractivity contribution in [2.75, 3.05) is 94.1 Å². The van der Waals surface area contributed by atoms with Gasteiger partial charge >= 0.3 is 0 Å². The van der Waals surface area contributed by atoms with E-state index >= 15 is 0 Å². The van der Waals surface area contributed by atoms with Crippen LogP contribution in [-0.2, 0) is 6.42 Å². The lowest BCUT2D eigenvalue weighted by Crippen LogP contribution is -2.57. The van der Waals surface area contributed by atoms with Gasteiger partial charge in [-0.25, -0.2) is 4.98 Å². The van der Waals surface area contributed by atoms with Crippen molar-refractivity contribution in [3.8, 4) is 17.2 Å². The Labute approximate surface area is 274 Å². The van der Waals surface area contributed by atoms with Crippen LogP contribution in [0.1, 0.15) is 25.3 Å². The molecule has 0 amide bonds. The van der Waals surface area contributed by atoms with Crippen LogP contribution in [0.25, 0.3) is 0 Å².